The van der Waals surface area contributed by atoms with E-state index in [0.717, 1.165) is 37.1 Å². The molecule has 0 aliphatic carbocycles. The standard InChI is InChI=1S/C23H30N4O3.C13H25NO2/c1-13(2)18-8-9-25-22(28)20(18)21(24)26-17-6-7-19(14(3)10-17)23(29)27-15(4)11-30-12-16(27)5;1-6-13(5)7-9-14(10-8-13)11(15)16-12(2,3)4/h6-10,13,15-16H,11-12H2,1-5H3,(H2,24,26)(H,25,28);6-10H2,1-5H3. The van der Waals surface area contributed by atoms with E-state index in [9.17, 15) is 14.4 Å². The zero-order valence-corrected chi connectivity index (χ0v) is 29.5. The number of pyridine rings is 1. The Balaban J connectivity index is 0.000000304. The lowest BCUT2D eigenvalue weighted by Gasteiger charge is -2.39. The molecule has 2 aromatic rings. The molecule has 0 saturated carbocycles. The van der Waals surface area contributed by atoms with Gasteiger partial charge in [-0.25, -0.2) is 9.79 Å². The summed E-state index contributed by atoms with van der Waals surface area (Å²) in [5.74, 6) is 0.283. The first kappa shape index (κ1) is 36.8. The number of aromatic amines is 1. The highest BCUT2D eigenvalue weighted by molar-refractivity contribution is 6.00. The van der Waals surface area contributed by atoms with Crippen LogP contribution in [-0.2, 0) is 9.47 Å². The number of carbonyl (C=O) groups is 2. The molecule has 4 rings (SSSR count). The minimum atomic E-state index is -0.386. The predicted octanol–water partition coefficient (Wildman–Crippen LogP) is 6.53. The van der Waals surface area contributed by atoms with Gasteiger partial charge in [0, 0.05) is 24.8 Å². The van der Waals surface area contributed by atoms with Crippen molar-refractivity contribution in [3.8, 4) is 0 Å². The molecule has 2 amide bonds. The SMILES string of the molecule is CCC1(C)CCN(C(=O)OC(C)(C)C)CC1.Cc1cc(N=C(N)c2c(C(C)C)cc[nH]c2=O)ccc1C(=O)N1C(C)COCC1C. The van der Waals surface area contributed by atoms with Crippen LogP contribution in [0.15, 0.2) is 40.2 Å². The average Bonchev–Trinajstić information content (AvgIpc) is 2.96. The molecule has 0 radical (unpaired) electrons. The number of carbonyl (C=O) groups excluding carboxylic acids is 2. The van der Waals surface area contributed by atoms with Crippen molar-refractivity contribution in [1.29, 1.82) is 0 Å². The number of piperidine rings is 1. The highest BCUT2D eigenvalue weighted by Gasteiger charge is 2.33. The highest BCUT2D eigenvalue weighted by atomic mass is 16.6. The molecule has 0 spiro atoms. The number of nitrogens with one attached hydrogen (secondary N) is 1. The van der Waals surface area contributed by atoms with E-state index in [1.54, 1.807) is 18.3 Å². The van der Waals surface area contributed by atoms with Crippen molar-refractivity contribution in [3.63, 3.8) is 0 Å². The summed E-state index contributed by atoms with van der Waals surface area (Å²) in [7, 11) is 0. The minimum absolute atomic E-state index is 0.0131. The summed E-state index contributed by atoms with van der Waals surface area (Å²) in [5, 5.41) is 0. The number of benzene rings is 1. The van der Waals surface area contributed by atoms with Gasteiger partial charge < -0.3 is 30.0 Å². The number of aryl methyl sites for hydroxylation is 1. The number of ether oxygens (including phenoxy) is 2. The minimum Gasteiger partial charge on any atom is -0.444 e. The van der Waals surface area contributed by atoms with E-state index in [0.29, 0.717) is 35.4 Å². The van der Waals surface area contributed by atoms with Crippen LogP contribution in [0.4, 0.5) is 10.5 Å². The largest absolute Gasteiger partial charge is 0.444 e. The number of amides is 2. The second-order valence-electron chi connectivity index (χ2n) is 14.4. The fraction of sp³-hybridized carbons (Fsp3) is 0.611. The summed E-state index contributed by atoms with van der Waals surface area (Å²) < 4.78 is 10.9. The molecule has 2 atom stereocenters. The lowest BCUT2D eigenvalue weighted by atomic mass is 9.78. The molecule has 2 fully saturated rings. The first-order valence-electron chi connectivity index (χ1n) is 16.5. The van der Waals surface area contributed by atoms with Crippen LogP contribution in [0.1, 0.15) is 115 Å². The Labute approximate surface area is 274 Å². The summed E-state index contributed by atoms with van der Waals surface area (Å²) in [6.45, 7) is 22.9. The molecule has 2 aliphatic rings. The number of morpholine rings is 1. The van der Waals surface area contributed by atoms with E-state index >= 15 is 0 Å². The van der Waals surface area contributed by atoms with Crippen molar-refractivity contribution in [1.82, 2.24) is 14.8 Å². The quantitative estimate of drug-likeness (QED) is 0.283. The second kappa shape index (κ2) is 15.3. The van der Waals surface area contributed by atoms with E-state index in [1.165, 1.54) is 6.42 Å². The Morgan fingerprint density at radius 1 is 1.13 bits per heavy atom. The van der Waals surface area contributed by atoms with Gasteiger partial charge in [0.1, 0.15) is 11.4 Å². The van der Waals surface area contributed by atoms with Crippen LogP contribution in [0.25, 0.3) is 0 Å². The van der Waals surface area contributed by atoms with Gasteiger partial charge in [-0.2, -0.15) is 0 Å². The molecule has 0 bridgehead atoms. The van der Waals surface area contributed by atoms with Gasteiger partial charge in [0.05, 0.1) is 36.5 Å². The van der Waals surface area contributed by atoms with Crippen LogP contribution in [0.2, 0.25) is 0 Å². The number of hydrogen-bond donors (Lipinski definition) is 2. The zero-order chi connectivity index (χ0) is 34.4. The maximum atomic E-state index is 13.1. The van der Waals surface area contributed by atoms with Gasteiger partial charge in [-0.15, -0.1) is 0 Å². The van der Waals surface area contributed by atoms with Crippen molar-refractivity contribution in [2.45, 2.75) is 112 Å². The number of hydrogen-bond acceptors (Lipinski definition) is 6. The van der Waals surface area contributed by atoms with Crippen LogP contribution in [-0.4, -0.2) is 76.6 Å². The normalized spacial score (nSPS) is 20.2. The molecule has 2 aliphatic heterocycles. The van der Waals surface area contributed by atoms with Gasteiger partial charge in [0.25, 0.3) is 11.5 Å². The van der Waals surface area contributed by atoms with Crippen LogP contribution in [0, 0.1) is 12.3 Å². The molecule has 10 heteroatoms. The number of aromatic nitrogens is 1. The lowest BCUT2D eigenvalue weighted by molar-refractivity contribution is -0.0249. The van der Waals surface area contributed by atoms with E-state index in [2.05, 4.69) is 23.8 Å². The smallest absolute Gasteiger partial charge is 0.410 e. The van der Waals surface area contributed by atoms with Gasteiger partial charge in [-0.05, 0) is 101 Å². The first-order valence-corrected chi connectivity index (χ1v) is 16.5. The fourth-order valence-electron chi connectivity index (χ4n) is 5.84. The number of rotatable bonds is 5. The summed E-state index contributed by atoms with van der Waals surface area (Å²) in [5.41, 5.74) is 9.25. The molecule has 1 aromatic carbocycles. The van der Waals surface area contributed by atoms with Gasteiger partial charge >= 0.3 is 6.09 Å². The molecule has 2 unspecified atom stereocenters. The molecule has 2 saturated heterocycles. The maximum absolute atomic E-state index is 13.1. The molecule has 3 heterocycles. The Morgan fingerprint density at radius 2 is 1.74 bits per heavy atom. The monoisotopic (exact) mass is 637 g/mol. The maximum Gasteiger partial charge on any atom is 0.410 e. The fourth-order valence-corrected chi connectivity index (χ4v) is 5.84. The number of nitrogens with two attached hydrogens (primary N) is 1. The van der Waals surface area contributed by atoms with Crippen LogP contribution < -0.4 is 11.3 Å². The van der Waals surface area contributed by atoms with Crippen LogP contribution in [0.3, 0.4) is 0 Å². The molecular weight excluding hydrogens is 582 g/mol. The van der Waals surface area contributed by atoms with Gasteiger partial charge in [0.15, 0.2) is 0 Å². The third kappa shape index (κ3) is 9.44. The Morgan fingerprint density at radius 3 is 2.26 bits per heavy atom. The summed E-state index contributed by atoms with van der Waals surface area (Å²) in [6, 6.07) is 7.25. The third-order valence-corrected chi connectivity index (χ3v) is 8.94. The van der Waals surface area contributed by atoms with Crippen LogP contribution >= 0.6 is 0 Å². The lowest BCUT2D eigenvalue weighted by Crippen LogP contribution is -2.52. The van der Waals surface area contributed by atoms with Crippen molar-refractivity contribution in [3.05, 3.63) is 63.1 Å². The van der Waals surface area contributed by atoms with Crippen molar-refractivity contribution in [2.24, 2.45) is 16.1 Å². The van der Waals surface area contributed by atoms with Crippen LogP contribution in [0.5, 0.6) is 0 Å². The zero-order valence-electron chi connectivity index (χ0n) is 29.5. The number of H-pyrrole nitrogens is 1. The van der Waals surface area contributed by atoms with Gasteiger partial charge in [-0.1, -0.05) is 34.1 Å². The summed E-state index contributed by atoms with van der Waals surface area (Å²) in [6.07, 6.45) is 4.82. The third-order valence-electron chi connectivity index (χ3n) is 8.94. The average molecular weight is 638 g/mol. The second-order valence-corrected chi connectivity index (χ2v) is 14.4. The Bertz CT molecular complexity index is 1440. The van der Waals surface area contributed by atoms with E-state index in [1.807, 2.05) is 77.3 Å². The molecule has 1 aromatic heterocycles. The van der Waals surface area contributed by atoms with E-state index in [-0.39, 0.29) is 47.0 Å². The molecule has 3 N–H and O–H groups in total. The Kier molecular flexibility index (Phi) is 12.2. The van der Waals surface area contributed by atoms with Crippen molar-refractivity contribution in [2.75, 3.05) is 26.3 Å². The van der Waals surface area contributed by atoms with Crippen molar-refractivity contribution >= 4 is 23.5 Å². The molecule has 46 heavy (non-hydrogen) atoms. The molecule has 10 nitrogen and oxygen atoms in total. The summed E-state index contributed by atoms with van der Waals surface area (Å²) >= 11 is 0. The molecule has 254 valence electrons. The summed E-state index contributed by atoms with van der Waals surface area (Å²) in [4.78, 5) is 48.1. The first-order chi connectivity index (χ1) is 21.5. The number of amidine groups is 1. The highest BCUT2D eigenvalue weighted by Crippen LogP contribution is 2.34. The van der Waals surface area contributed by atoms with Gasteiger partial charge in [-0.3, -0.25) is 9.59 Å². The van der Waals surface area contributed by atoms with E-state index in [4.69, 9.17) is 15.2 Å². The van der Waals surface area contributed by atoms with Crippen molar-refractivity contribution < 1.29 is 19.1 Å². The predicted molar refractivity (Wildman–Crippen MR) is 184 cm³/mol. The van der Waals surface area contributed by atoms with E-state index < -0.39 is 0 Å². The number of nitrogens with zero attached hydrogens (tertiary/aromatic N) is 3. The topological polar surface area (TPSA) is 130 Å². The number of likely N-dealkylation sites (tertiary alicyclic amines) is 1. The Hall–Kier alpha value is -3.66. The van der Waals surface area contributed by atoms with Gasteiger partial charge in [0.2, 0.25) is 0 Å². The number of aliphatic imine (C=N–C) groups is 1. The molecular formula is C36H55N5O5.